The van der Waals surface area contributed by atoms with Crippen molar-refractivity contribution < 1.29 is 14.6 Å². The molecule has 0 unspecified atom stereocenters. The van der Waals surface area contributed by atoms with Gasteiger partial charge in [-0.3, -0.25) is 10.3 Å². The quantitative estimate of drug-likeness (QED) is 0.138. The number of para-hydroxylation sites is 2. The second-order valence-electron chi connectivity index (χ2n) is 12.5. The number of ether oxygens (including phenoxy) is 1. The third-order valence-electron chi connectivity index (χ3n) is 9.36. The van der Waals surface area contributed by atoms with Gasteiger partial charge in [-0.25, -0.2) is 4.79 Å². The zero-order valence-corrected chi connectivity index (χ0v) is 27.5. The predicted octanol–water partition coefficient (Wildman–Crippen LogP) is 7.13. The highest BCUT2D eigenvalue weighted by atomic mass is 16.5. The number of hydrogen-bond acceptors (Lipinski definition) is 5. The molecule has 6 aromatic rings. The molecule has 49 heavy (non-hydrogen) atoms. The second-order valence-corrected chi connectivity index (χ2v) is 12.5. The number of nitrogens with one attached hydrogen (secondary N) is 1. The fraction of sp³-hybridized carbons (Fsp3) is 0.220. The van der Waals surface area contributed by atoms with E-state index in [1.165, 1.54) is 28.4 Å². The van der Waals surface area contributed by atoms with Gasteiger partial charge in [-0.15, -0.1) is 0 Å². The van der Waals surface area contributed by atoms with Crippen LogP contribution in [-0.4, -0.2) is 57.9 Å². The molecule has 1 aromatic heterocycles. The van der Waals surface area contributed by atoms with E-state index in [-0.39, 0.29) is 5.56 Å². The lowest BCUT2D eigenvalue weighted by Gasteiger charge is -2.36. The van der Waals surface area contributed by atoms with E-state index in [0.717, 1.165) is 49.3 Å². The van der Waals surface area contributed by atoms with Crippen molar-refractivity contribution in [1.82, 2.24) is 14.0 Å². The number of aromatic nitrogens is 2. The topological polar surface area (TPSA) is 86.7 Å². The third kappa shape index (κ3) is 7.29. The van der Waals surface area contributed by atoms with Crippen molar-refractivity contribution in [3.05, 3.63) is 150 Å². The Morgan fingerprint density at radius 3 is 2.16 bits per heavy atom. The van der Waals surface area contributed by atoms with E-state index in [1.54, 1.807) is 18.2 Å². The normalized spacial score (nSPS) is 13.5. The van der Waals surface area contributed by atoms with Crippen LogP contribution in [0.25, 0.3) is 22.2 Å². The van der Waals surface area contributed by atoms with E-state index in [9.17, 15) is 9.90 Å². The van der Waals surface area contributed by atoms with E-state index in [2.05, 4.69) is 105 Å². The molecule has 1 aliphatic heterocycles. The molecule has 1 aliphatic rings. The van der Waals surface area contributed by atoms with E-state index >= 15 is 0 Å². The Hall–Kier alpha value is -5.60. The number of nitrogens with zero attached hydrogens (tertiary/aromatic N) is 4. The van der Waals surface area contributed by atoms with Gasteiger partial charge in [-0.2, -0.15) is 0 Å². The van der Waals surface area contributed by atoms with Gasteiger partial charge in [0.05, 0.1) is 29.7 Å². The first kappa shape index (κ1) is 32.0. The Kier molecular flexibility index (Phi) is 9.57. The van der Waals surface area contributed by atoms with Gasteiger partial charge in [0.1, 0.15) is 5.75 Å². The van der Waals surface area contributed by atoms with Crippen LogP contribution >= 0.6 is 0 Å². The minimum atomic E-state index is -0.974. The molecule has 0 amide bonds. The SMILES string of the molecule is N=c1n(CCCOc2cccc(C(=O)O)c2)c2ccccc2n1Cc1ccc(N2CCN(Cc3ccccc3-c3ccccc3)CC2)cc1. The summed E-state index contributed by atoms with van der Waals surface area (Å²) in [4.78, 5) is 16.3. The predicted molar refractivity (Wildman–Crippen MR) is 194 cm³/mol. The molecule has 2 N–H and O–H groups in total. The number of hydrogen-bond donors (Lipinski definition) is 2. The fourth-order valence-corrected chi connectivity index (χ4v) is 6.77. The lowest BCUT2D eigenvalue weighted by atomic mass is 9.99. The summed E-state index contributed by atoms with van der Waals surface area (Å²) in [5.41, 5.74) is 9.04. The number of imidazole rings is 1. The summed E-state index contributed by atoms with van der Waals surface area (Å²) in [7, 11) is 0. The molecule has 2 heterocycles. The van der Waals surface area contributed by atoms with Gasteiger partial charge < -0.3 is 23.9 Å². The van der Waals surface area contributed by atoms with Gasteiger partial charge in [0.15, 0.2) is 0 Å². The minimum absolute atomic E-state index is 0.204. The monoisotopic (exact) mass is 651 g/mol. The Bertz CT molecular complexity index is 2090. The lowest BCUT2D eigenvalue weighted by Crippen LogP contribution is -2.46. The summed E-state index contributed by atoms with van der Waals surface area (Å²) in [6, 6.07) is 42.9. The molecule has 1 saturated heterocycles. The molecule has 248 valence electrons. The van der Waals surface area contributed by atoms with Crippen LogP contribution in [0.1, 0.15) is 27.9 Å². The maximum absolute atomic E-state index is 11.3. The third-order valence-corrected chi connectivity index (χ3v) is 9.36. The van der Waals surface area contributed by atoms with Gasteiger partial charge in [-0.1, -0.05) is 84.9 Å². The van der Waals surface area contributed by atoms with Crippen molar-refractivity contribution in [1.29, 1.82) is 5.41 Å². The van der Waals surface area contributed by atoms with Crippen LogP contribution in [0.15, 0.2) is 127 Å². The molecule has 0 saturated carbocycles. The Morgan fingerprint density at radius 1 is 0.714 bits per heavy atom. The molecule has 0 bridgehead atoms. The number of rotatable bonds is 12. The van der Waals surface area contributed by atoms with Crippen LogP contribution in [-0.2, 0) is 19.6 Å². The van der Waals surface area contributed by atoms with Crippen molar-refractivity contribution in [2.24, 2.45) is 0 Å². The molecule has 0 radical (unpaired) electrons. The fourth-order valence-electron chi connectivity index (χ4n) is 6.77. The summed E-state index contributed by atoms with van der Waals surface area (Å²) < 4.78 is 9.93. The summed E-state index contributed by atoms with van der Waals surface area (Å²) in [6.45, 7) is 6.61. The molecule has 0 aliphatic carbocycles. The first-order valence-corrected chi connectivity index (χ1v) is 16.9. The van der Waals surface area contributed by atoms with Crippen molar-refractivity contribution in [3.8, 4) is 16.9 Å². The largest absolute Gasteiger partial charge is 0.494 e. The highest BCUT2D eigenvalue weighted by Gasteiger charge is 2.19. The molecule has 5 aromatic carbocycles. The number of fused-ring (bicyclic) bond motifs is 1. The number of aromatic carboxylic acids is 1. The highest BCUT2D eigenvalue weighted by Crippen LogP contribution is 2.26. The summed E-state index contributed by atoms with van der Waals surface area (Å²) in [5.74, 6) is -0.439. The number of aryl methyl sites for hydroxylation is 1. The average Bonchev–Trinajstić information content (AvgIpc) is 3.41. The Morgan fingerprint density at radius 2 is 1.41 bits per heavy atom. The number of carbonyl (C=O) groups is 1. The smallest absolute Gasteiger partial charge is 0.335 e. The Labute approximate surface area is 286 Å². The van der Waals surface area contributed by atoms with Crippen molar-refractivity contribution in [2.75, 3.05) is 37.7 Å². The average molecular weight is 652 g/mol. The van der Waals surface area contributed by atoms with E-state index in [4.69, 9.17) is 10.1 Å². The first-order chi connectivity index (χ1) is 24.0. The van der Waals surface area contributed by atoms with Gasteiger partial charge in [0, 0.05) is 45.0 Å². The molecule has 8 nitrogen and oxygen atoms in total. The van der Waals surface area contributed by atoms with E-state index in [1.807, 2.05) is 16.7 Å². The molecule has 0 atom stereocenters. The van der Waals surface area contributed by atoms with Gasteiger partial charge in [-0.05, 0) is 71.1 Å². The number of benzene rings is 5. The van der Waals surface area contributed by atoms with Crippen molar-refractivity contribution in [3.63, 3.8) is 0 Å². The molecule has 7 rings (SSSR count). The van der Waals surface area contributed by atoms with E-state index in [0.29, 0.717) is 37.5 Å². The maximum atomic E-state index is 11.3. The van der Waals surface area contributed by atoms with Crippen LogP contribution in [0.4, 0.5) is 5.69 Å². The van der Waals surface area contributed by atoms with Crippen LogP contribution in [0, 0.1) is 5.41 Å². The van der Waals surface area contributed by atoms with Gasteiger partial charge in [0.2, 0.25) is 5.62 Å². The number of piperazine rings is 1. The minimum Gasteiger partial charge on any atom is -0.494 e. The number of anilines is 1. The molecule has 8 heteroatoms. The summed E-state index contributed by atoms with van der Waals surface area (Å²) >= 11 is 0. The van der Waals surface area contributed by atoms with Crippen molar-refractivity contribution in [2.45, 2.75) is 26.1 Å². The van der Waals surface area contributed by atoms with Gasteiger partial charge in [0.25, 0.3) is 0 Å². The van der Waals surface area contributed by atoms with Gasteiger partial charge >= 0.3 is 5.97 Å². The Balaban J connectivity index is 0.965. The number of carboxylic acid groups (broad SMARTS) is 1. The maximum Gasteiger partial charge on any atom is 0.335 e. The lowest BCUT2D eigenvalue weighted by molar-refractivity contribution is 0.0696. The van der Waals surface area contributed by atoms with Crippen LogP contribution in [0.5, 0.6) is 5.75 Å². The number of carboxylic acids is 1. The summed E-state index contributed by atoms with van der Waals surface area (Å²) in [6.07, 6.45) is 0.684. The highest BCUT2D eigenvalue weighted by molar-refractivity contribution is 5.88. The first-order valence-electron chi connectivity index (χ1n) is 16.9. The standard InChI is InChI=1S/C41H41N5O3/c42-41-45(22-9-27-49-36-14-8-13-33(28-36)40(47)48)38-16-6-7-17-39(38)46(41)29-31-18-20-35(21-19-31)44-25-23-43(24-26-44)30-34-12-4-5-15-37(34)32-10-2-1-3-11-32/h1-8,10-21,28,42H,9,22-27,29-30H2,(H,47,48). The van der Waals surface area contributed by atoms with E-state index < -0.39 is 5.97 Å². The molecule has 1 fully saturated rings. The zero-order valence-electron chi connectivity index (χ0n) is 27.5. The van der Waals surface area contributed by atoms with Crippen LogP contribution < -0.4 is 15.3 Å². The van der Waals surface area contributed by atoms with Crippen LogP contribution in [0.2, 0.25) is 0 Å². The second kappa shape index (κ2) is 14.7. The molecular formula is C41H41N5O3. The van der Waals surface area contributed by atoms with Crippen LogP contribution in [0.3, 0.4) is 0 Å². The zero-order chi connectivity index (χ0) is 33.6. The molecule has 0 spiro atoms. The summed E-state index contributed by atoms with van der Waals surface area (Å²) in [5, 5.41) is 18.3. The van der Waals surface area contributed by atoms with Crippen molar-refractivity contribution >= 4 is 22.7 Å². The molecular weight excluding hydrogens is 610 g/mol.